The number of thioether (sulfide) groups is 1. The fraction of sp³-hybridized carbons (Fsp3) is 0.833. The monoisotopic (exact) mass is 161 g/mol. The summed E-state index contributed by atoms with van der Waals surface area (Å²) in [7, 11) is 0. The standard InChI is InChI=1S/C6H11NS2/c1-6(2)5(8)7-3-4-9-6/h3-4H2,1-2H3,(H,7,8). The third-order valence-electron chi connectivity index (χ3n) is 1.40. The van der Waals surface area contributed by atoms with E-state index in [9.17, 15) is 0 Å². The topological polar surface area (TPSA) is 12.0 Å². The van der Waals surface area contributed by atoms with Crippen molar-refractivity contribution >= 4 is 29.0 Å². The maximum atomic E-state index is 5.11. The Morgan fingerprint density at radius 2 is 2.33 bits per heavy atom. The summed E-state index contributed by atoms with van der Waals surface area (Å²) in [5.74, 6) is 1.17. The molecule has 1 rings (SSSR count). The van der Waals surface area contributed by atoms with E-state index in [0.29, 0.717) is 0 Å². The Kier molecular flexibility index (Phi) is 2.01. The van der Waals surface area contributed by atoms with Crippen molar-refractivity contribution in [2.75, 3.05) is 12.3 Å². The second kappa shape index (κ2) is 2.46. The van der Waals surface area contributed by atoms with Gasteiger partial charge in [-0.3, -0.25) is 0 Å². The molecular formula is C6H11NS2. The van der Waals surface area contributed by atoms with Gasteiger partial charge < -0.3 is 5.32 Å². The lowest BCUT2D eigenvalue weighted by Gasteiger charge is -2.30. The molecule has 0 bridgehead atoms. The number of thiocarbonyl (C=S) groups is 1. The SMILES string of the molecule is CC1(C)SCCNC1=S. The Hall–Kier alpha value is 0.240. The zero-order chi connectivity index (χ0) is 6.91. The zero-order valence-corrected chi connectivity index (χ0v) is 7.36. The van der Waals surface area contributed by atoms with E-state index in [1.807, 2.05) is 11.8 Å². The molecule has 1 N–H and O–H groups in total. The van der Waals surface area contributed by atoms with Crippen LogP contribution in [0.2, 0.25) is 0 Å². The summed E-state index contributed by atoms with van der Waals surface area (Å²) in [6, 6.07) is 0. The molecule has 0 saturated carbocycles. The van der Waals surface area contributed by atoms with E-state index < -0.39 is 0 Å². The number of hydrogen-bond acceptors (Lipinski definition) is 2. The molecule has 0 amide bonds. The van der Waals surface area contributed by atoms with E-state index in [0.717, 1.165) is 11.5 Å². The molecule has 0 aromatic carbocycles. The lowest BCUT2D eigenvalue weighted by Crippen LogP contribution is -2.44. The van der Waals surface area contributed by atoms with Crippen LogP contribution in [0.1, 0.15) is 13.8 Å². The second-order valence-corrected chi connectivity index (χ2v) is 4.74. The predicted octanol–water partition coefficient (Wildman–Crippen LogP) is 1.43. The third-order valence-corrected chi connectivity index (χ3v) is 3.52. The minimum atomic E-state index is 0.174. The fourth-order valence-corrected chi connectivity index (χ4v) is 1.95. The number of hydrogen-bond donors (Lipinski definition) is 1. The fourth-order valence-electron chi connectivity index (χ4n) is 0.749. The summed E-state index contributed by atoms with van der Waals surface area (Å²) in [4.78, 5) is 0.999. The van der Waals surface area contributed by atoms with E-state index in [2.05, 4.69) is 19.2 Å². The van der Waals surface area contributed by atoms with Gasteiger partial charge in [0, 0.05) is 12.3 Å². The molecule has 0 aliphatic carbocycles. The average molecular weight is 161 g/mol. The highest BCUT2D eigenvalue weighted by Gasteiger charge is 2.26. The van der Waals surface area contributed by atoms with Crippen LogP contribution >= 0.6 is 24.0 Å². The molecule has 0 spiro atoms. The van der Waals surface area contributed by atoms with Gasteiger partial charge in [0.1, 0.15) is 0 Å². The largest absolute Gasteiger partial charge is 0.378 e. The quantitative estimate of drug-likeness (QED) is 0.540. The van der Waals surface area contributed by atoms with Crippen molar-refractivity contribution in [2.45, 2.75) is 18.6 Å². The van der Waals surface area contributed by atoms with Crippen LogP contribution in [0.5, 0.6) is 0 Å². The highest BCUT2D eigenvalue weighted by atomic mass is 32.2. The van der Waals surface area contributed by atoms with Gasteiger partial charge in [-0.2, -0.15) is 0 Å². The van der Waals surface area contributed by atoms with Gasteiger partial charge in [0.2, 0.25) is 0 Å². The first-order valence-corrected chi connectivity index (χ1v) is 4.44. The zero-order valence-electron chi connectivity index (χ0n) is 5.73. The molecule has 0 radical (unpaired) electrons. The molecule has 9 heavy (non-hydrogen) atoms. The Balaban J connectivity index is 2.60. The van der Waals surface area contributed by atoms with E-state index in [1.165, 1.54) is 5.75 Å². The normalized spacial score (nSPS) is 25.3. The Bertz CT molecular complexity index is 131. The molecule has 1 fully saturated rings. The van der Waals surface area contributed by atoms with Crippen LogP contribution in [0.15, 0.2) is 0 Å². The molecule has 0 aromatic rings. The third kappa shape index (κ3) is 1.58. The predicted molar refractivity (Wildman–Crippen MR) is 47.1 cm³/mol. The highest BCUT2D eigenvalue weighted by Crippen LogP contribution is 2.27. The number of rotatable bonds is 0. The molecule has 0 atom stereocenters. The first-order valence-electron chi connectivity index (χ1n) is 3.05. The van der Waals surface area contributed by atoms with Crippen LogP contribution < -0.4 is 5.32 Å². The summed E-state index contributed by atoms with van der Waals surface area (Å²) in [5, 5.41) is 3.18. The Morgan fingerprint density at radius 1 is 1.67 bits per heavy atom. The maximum absolute atomic E-state index is 5.11. The highest BCUT2D eigenvalue weighted by molar-refractivity contribution is 8.02. The first-order chi connectivity index (χ1) is 4.13. The van der Waals surface area contributed by atoms with Gasteiger partial charge in [-0.25, -0.2) is 0 Å². The van der Waals surface area contributed by atoms with Crippen LogP contribution in [-0.2, 0) is 0 Å². The molecule has 52 valence electrons. The lowest BCUT2D eigenvalue weighted by molar-refractivity contribution is 0.843. The first kappa shape index (κ1) is 7.35. The van der Waals surface area contributed by atoms with Gasteiger partial charge in [0.05, 0.1) is 9.74 Å². The van der Waals surface area contributed by atoms with Gasteiger partial charge in [0.15, 0.2) is 0 Å². The molecule has 1 heterocycles. The van der Waals surface area contributed by atoms with Crippen molar-refractivity contribution in [1.82, 2.24) is 5.32 Å². The van der Waals surface area contributed by atoms with Gasteiger partial charge in [0.25, 0.3) is 0 Å². The van der Waals surface area contributed by atoms with Gasteiger partial charge in [-0.05, 0) is 13.8 Å². The second-order valence-electron chi connectivity index (χ2n) is 2.61. The van der Waals surface area contributed by atoms with Crippen LogP contribution in [0.4, 0.5) is 0 Å². The molecule has 1 nitrogen and oxygen atoms in total. The van der Waals surface area contributed by atoms with Crippen LogP contribution in [0.3, 0.4) is 0 Å². The molecule has 1 aliphatic rings. The van der Waals surface area contributed by atoms with Crippen LogP contribution in [-0.4, -0.2) is 22.0 Å². The van der Waals surface area contributed by atoms with E-state index in [-0.39, 0.29) is 4.75 Å². The van der Waals surface area contributed by atoms with E-state index in [4.69, 9.17) is 12.2 Å². The smallest absolute Gasteiger partial charge is 0.0911 e. The minimum absolute atomic E-state index is 0.174. The summed E-state index contributed by atoms with van der Waals surface area (Å²) < 4.78 is 0.174. The van der Waals surface area contributed by atoms with Crippen molar-refractivity contribution in [3.63, 3.8) is 0 Å². The molecule has 1 saturated heterocycles. The molecule has 3 heteroatoms. The molecular weight excluding hydrogens is 150 g/mol. The molecule has 1 aliphatic heterocycles. The van der Waals surface area contributed by atoms with Gasteiger partial charge in [-0.1, -0.05) is 12.2 Å². The van der Waals surface area contributed by atoms with Crippen molar-refractivity contribution < 1.29 is 0 Å². The van der Waals surface area contributed by atoms with Crippen LogP contribution in [0, 0.1) is 0 Å². The van der Waals surface area contributed by atoms with Gasteiger partial charge >= 0.3 is 0 Å². The summed E-state index contributed by atoms with van der Waals surface area (Å²) >= 11 is 7.03. The Labute approximate surface area is 65.6 Å². The molecule has 0 aromatic heterocycles. The maximum Gasteiger partial charge on any atom is 0.0911 e. The molecule has 0 unspecified atom stereocenters. The lowest BCUT2D eigenvalue weighted by atomic mass is 10.2. The van der Waals surface area contributed by atoms with Crippen LogP contribution in [0.25, 0.3) is 0 Å². The summed E-state index contributed by atoms with van der Waals surface area (Å²) in [5.41, 5.74) is 0. The van der Waals surface area contributed by atoms with Crippen molar-refractivity contribution in [3.05, 3.63) is 0 Å². The van der Waals surface area contributed by atoms with Crippen molar-refractivity contribution in [1.29, 1.82) is 0 Å². The Morgan fingerprint density at radius 3 is 2.67 bits per heavy atom. The average Bonchev–Trinajstić information content (AvgIpc) is 1.77. The summed E-state index contributed by atoms with van der Waals surface area (Å²) in [6.45, 7) is 5.35. The minimum Gasteiger partial charge on any atom is -0.378 e. The summed E-state index contributed by atoms with van der Waals surface area (Å²) in [6.07, 6.45) is 0. The number of nitrogens with one attached hydrogen (secondary N) is 1. The van der Waals surface area contributed by atoms with E-state index in [1.54, 1.807) is 0 Å². The van der Waals surface area contributed by atoms with Gasteiger partial charge in [-0.15, -0.1) is 11.8 Å². The van der Waals surface area contributed by atoms with Crippen molar-refractivity contribution in [2.24, 2.45) is 0 Å². The van der Waals surface area contributed by atoms with E-state index >= 15 is 0 Å². The van der Waals surface area contributed by atoms with Crippen molar-refractivity contribution in [3.8, 4) is 0 Å².